The summed E-state index contributed by atoms with van der Waals surface area (Å²) < 4.78 is 10.8. The summed E-state index contributed by atoms with van der Waals surface area (Å²) >= 11 is 0. The first-order valence-electron chi connectivity index (χ1n) is 8.17. The van der Waals surface area contributed by atoms with Crippen molar-refractivity contribution in [2.45, 2.75) is 12.8 Å². The standard InChI is InChI=1S/C17H23N3O4.ClH/c1-23-11-17(5-7-18-8-6-17)10-19-16(22)12-3-2-4-13-15(12)24-9-14(21)20-13;/h2-4,18H,5-11H2,1H3,(H,19,22)(H,20,21);1H. The number of anilines is 1. The normalized spacial score (nSPS) is 18.2. The predicted molar refractivity (Wildman–Crippen MR) is 96.6 cm³/mol. The van der Waals surface area contributed by atoms with E-state index in [9.17, 15) is 9.59 Å². The van der Waals surface area contributed by atoms with Crippen LogP contribution in [0.25, 0.3) is 0 Å². The van der Waals surface area contributed by atoms with E-state index in [1.54, 1.807) is 25.3 Å². The number of carbonyl (C=O) groups excluding carboxylic acids is 2. The second kappa shape index (κ2) is 8.51. The Morgan fingerprint density at radius 3 is 2.84 bits per heavy atom. The Labute approximate surface area is 153 Å². The topological polar surface area (TPSA) is 88.7 Å². The molecule has 8 heteroatoms. The van der Waals surface area contributed by atoms with Gasteiger partial charge in [-0.25, -0.2) is 0 Å². The Balaban J connectivity index is 0.00000225. The fourth-order valence-electron chi connectivity index (χ4n) is 3.29. The van der Waals surface area contributed by atoms with Crippen molar-refractivity contribution in [2.75, 3.05) is 45.3 Å². The van der Waals surface area contributed by atoms with Gasteiger partial charge in [-0.15, -0.1) is 12.4 Å². The van der Waals surface area contributed by atoms with Crippen LogP contribution in [0.2, 0.25) is 0 Å². The van der Waals surface area contributed by atoms with Gasteiger partial charge in [0.15, 0.2) is 12.4 Å². The van der Waals surface area contributed by atoms with Crippen LogP contribution in [0.15, 0.2) is 18.2 Å². The second-order valence-corrected chi connectivity index (χ2v) is 6.38. The van der Waals surface area contributed by atoms with Gasteiger partial charge in [-0.3, -0.25) is 9.59 Å². The van der Waals surface area contributed by atoms with Crippen LogP contribution in [0.1, 0.15) is 23.2 Å². The SMILES string of the molecule is COCC1(CNC(=O)c2cccc3c2OCC(=O)N3)CCNCC1.Cl. The minimum Gasteiger partial charge on any atom is -0.481 e. The Kier molecular flexibility index (Phi) is 6.64. The van der Waals surface area contributed by atoms with E-state index < -0.39 is 0 Å². The van der Waals surface area contributed by atoms with E-state index >= 15 is 0 Å². The summed E-state index contributed by atoms with van der Waals surface area (Å²) in [6.07, 6.45) is 1.92. The molecule has 0 spiro atoms. The lowest BCUT2D eigenvalue weighted by atomic mass is 9.79. The molecule has 0 unspecified atom stereocenters. The molecule has 3 rings (SSSR count). The van der Waals surface area contributed by atoms with Gasteiger partial charge >= 0.3 is 0 Å². The lowest BCUT2D eigenvalue weighted by Crippen LogP contribution is -2.47. The average Bonchev–Trinajstić information content (AvgIpc) is 2.60. The zero-order chi connectivity index (χ0) is 17.0. The summed E-state index contributed by atoms with van der Waals surface area (Å²) in [6, 6.07) is 5.16. The number of piperidine rings is 1. The molecule has 0 aromatic heterocycles. The predicted octanol–water partition coefficient (Wildman–Crippen LogP) is 1.19. The molecule has 25 heavy (non-hydrogen) atoms. The zero-order valence-corrected chi connectivity index (χ0v) is 15.0. The number of ether oxygens (including phenoxy) is 2. The van der Waals surface area contributed by atoms with E-state index in [1.165, 1.54) is 0 Å². The smallest absolute Gasteiger partial charge is 0.262 e. The molecule has 1 saturated heterocycles. The summed E-state index contributed by atoms with van der Waals surface area (Å²) in [5.74, 6) is 0.0199. The summed E-state index contributed by atoms with van der Waals surface area (Å²) in [5.41, 5.74) is 0.931. The van der Waals surface area contributed by atoms with Gasteiger partial charge in [0.2, 0.25) is 0 Å². The molecular formula is C17H24ClN3O4. The van der Waals surface area contributed by atoms with Crippen LogP contribution in [0.5, 0.6) is 5.75 Å². The molecular weight excluding hydrogens is 346 g/mol. The van der Waals surface area contributed by atoms with Crippen LogP contribution >= 0.6 is 12.4 Å². The lowest BCUT2D eigenvalue weighted by molar-refractivity contribution is -0.118. The fourth-order valence-corrected chi connectivity index (χ4v) is 3.29. The van der Waals surface area contributed by atoms with Gasteiger partial charge in [0, 0.05) is 19.1 Å². The molecule has 1 fully saturated rings. The molecule has 138 valence electrons. The number of halogens is 1. The van der Waals surface area contributed by atoms with Crippen molar-refractivity contribution >= 4 is 29.9 Å². The molecule has 0 aliphatic carbocycles. The average molecular weight is 370 g/mol. The van der Waals surface area contributed by atoms with E-state index in [4.69, 9.17) is 9.47 Å². The van der Waals surface area contributed by atoms with Gasteiger partial charge in [-0.05, 0) is 38.1 Å². The Bertz CT molecular complexity index is 627. The molecule has 0 radical (unpaired) electrons. The molecule has 2 aliphatic rings. The van der Waals surface area contributed by atoms with E-state index in [1.807, 2.05) is 0 Å². The van der Waals surface area contributed by atoms with Crippen molar-refractivity contribution in [1.82, 2.24) is 10.6 Å². The maximum absolute atomic E-state index is 12.6. The molecule has 1 aromatic rings. The zero-order valence-electron chi connectivity index (χ0n) is 14.2. The van der Waals surface area contributed by atoms with Crippen molar-refractivity contribution in [3.63, 3.8) is 0 Å². The van der Waals surface area contributed by atoms with Crippen molar-refractivity contribution < 1.29 is 19.1 Å². The van der Waals surface area contributed by atoms with Gasteiger partial charge < -0.3 is 25.4 Å². The number of carbonyl (C=O) groups is 2. The first-order valence-corrected chi connectivity index (χ1v) is 8.17. The number of rotatable bonds is 5. The van der Waals surface area contributed by atoms with Gasteiger partial charge in [0.25, 0.3) is 11.8 Å². The molecule has 1 aromatic carbocycles. The minimum atomic E-state index is -0.214. The number of hydrogen-bond acceptors (Lipinski definition) is 5. The van der Waals surface area contributed by atoms with Crippen molar-refractivity contribution in [2.24, 2.45) is 5.41 Å². The second-order valence-electron chi connectivity index (χ2n) is 6.38. The Morgan fingerprint density at radius 1 is 1.36 bits per heavy atom. The highest BCUT2D eigenvalue weighted by molar-refractivity contribution is 6.03. The number of benzene rings is 1. The number of amides is 2. The summed E-state index contributed by atoms with van der Waals surface area (Å²) in [6.45, 7) is 2.95. The maximum atomic E-state index is 12.6. The maximum Gasteiger partial charge on any atom is 0.262 e. The molecule has 7 nitrogen and oxygen atoms in total. The van der Waals surface area contributed by atoms with Crippen LogP contribution in [0, 0.1) is 5.41 Å². The van der Waals surface area contributed by atoms with E-state index in [-0.39, 0.29) is 36.2 Å². The van der Waals surface area contributed by atoms with Crippen LogP contribution in [-0.4, -0.2) is 51.8 Å². The molecule has 2 aliphatic heterocycles. The lowest BCUT2D eigenvalue weighted by Gasteiger charge is -2.37. The summed E-state index contributed by atoms with van der Waals surface area (Å²) in [7, 11) is 1.69. The number of para-hydroxylation sites is 1. The minimum absolute atomic E-state index is 0. The van der Waals surface area contributed by atoms with E-state index in [0.29, 0.717) is 30.2 Å². The Morgan fingerprint density at radius 2 is 2.12 bits per heavy atom. The van der Waals surface area contributed by atoms with Crippen LogP contribution in [0.3, 0.4) is 0 Å². The van der Waals surface area contributed by atoms with Crippen molar-refractivity contribution in [1.29, 1.82) is 0 Å². The third-order valence-corrected chi connectivity index (χ3v) is 4.62. The van der Waals surface area contributed by atoms with Crippen LogP contribution < -0.4 is 20.7 Å². The van der Waals surface area contributed by atoms with Gasteiger partial charge in [-0.2, -0.15) is 0 Å². The van der Waals surface area contributed by atoms with E-state index in [2.05, 4.69) is 16.0 Å². The third-order valence-electron chi connectivity index (χ3n) is 4.62. The Hall–Kier alpha value is -1.83. The van der Waals surface area contributed by atoms with Gasteiger partial charge in [-0.1, -0.05) is 6.07 Å². The number of nitrogens with one attached hydrogen (secondary N) is 3. The molecule has 0 atom stereocenters. The highest BCUT2D eigenvalue weighted by atomic mass is 35.5. The van der Waals surface area contributed by atoms with Gasteiger partial charge in [0.05, 0.1) is 17.9 Å². The highest BCUT2D eigenvalue weighted by Gasteiger charge is 2.33. The quantitative estimate of drug-likeness (QED) is 0.725. The first kappa shape index (κ1) is 19.5. The van der Waals surface area contributed by atoms with Gasteiger partial charge in [0.1, 0.15) is 0 Å². The number of methoxy groups -OCH3 is 1. The third kappa shape index (κ3) is 4.42. The summed E-state index contributed by atoms with van der Waals surface area (Å²) in [5, 5.41) is 9.07. The van der Waals surface area contributed by atoms with Crippen LogP contribution in [-0.2, 0) is 9.53 Å². The van der Waals surface area contributed by atoms with Crippen molar-refractivity contribution in [3.05, 3.63) is 23.8 Å². The summed E-state index contributed by atoms with van der Waals surface area (Å²) in [4.78, 5) is 24.0. The molecule has 0 saturated carbocycles. The van der Waals surface area contributed by atoms with Crippen LogP contribution in [0.4, 0.5) is 5.69 Å². The molecule has 2 heterocycles. The number of fused-ring (bicyclic) bond motifs is 1. The van der Waals surface area contributed by atoms with E-state index in [0.717, 1.165) is 25.9 Å². The fraction of sp³-hybridized carbons (Fsp3) is 0.529. The molecule has 0 bridgehead atoms. The first-order chi connectivity index (χ1) is 11.6. The van der Waals surface area contributed by atoms with Crippen molar-refractivity contribution in [3.8, 4) is 5.75 Å². The molecule has 2 amide bonds. The highest BCUT2D eigenvalue weighted by Crippen LogP contribution is 2.32. The monoisotopic (exact) mass is 369 g/mol. The molecule has 3 N–H and O–H groups in total. The largest absolute Gasteiger partial charge is 0.481 e. The number of hydrogen-bond donors (Lipinski definition) is 3.